The van der Waals surface area contributed by atoms with E-state index in [-0.39, 0.29) is 23.4 Å². The molecule has 1 aliphatic heterocycles. The molecule has 1 amide bonds. The van der Waals surface area contributed by atoms with Crippen molar-refractivity contribution in [2.24, 2.45) is 0 Å². The number of amides is 1. The van der Waals surface area contributed by atoms with Crippen molar-refractivity contribution in [2.45, 2.75) is 13.0 Å². The largest absolute Gasteiger partial charge is 0.490 e. The van der Waals surface area contributed by atoms with E-state index >= 15 is 0 Å². The number of hydrogen-bond donors (Lipinski definition) is 0. The molecule has 1 atom stereocenters. The minimum absolute atomic E-state index is 0.104. The lowest BCUT2D eigenvalue weighted by Crippen LogP contribution is -2.52. The fourth-order valence-corrected chi connectivity index (χ4v) is 2.57. The van der Waals surface area contributed by atoms with Gasteiger partial charge in [-0.1, -0.05) is 0 Å². The molecule has 1 saturated heterocycles. The summed E-state index contributed by atoms with van der Waals surface area (Å²) in [7, 11) is 3.38. The summed E-state index contributed by atoms with van der Waals surface area (Å²) < 4.78 is 5.01. The monoisotopic (exact) mass is 293 g/mol. The highest BCUT2D eigenvalue weighted by Gasteiger charge is 2.27. The van der Waals surface area contributed by atoms with Gasteiger partial charge in [0.2, 0.25) is 0 Å². The fourth-order valence-electron chi connectivity index (χ4n) is 2.57. The quantitative estimate of drug-likeness (QED) is 0.621. The minimum Gasteiger partial charge on any atom is -0.490 e. The van der Waals surface area contributed by atoms with Gasteiger partial charge in [0.15, 0.2) is 5.75 Å². The van der Waals surface area contributed by atoms with Crippen LogP contribution in [0.25, 0.3) is 0 Å². The van der Waals surface area contributed by atoms with Gasteiger partial charge in [0.1, 0.15) is 0 Å². The number of methoxy groups -OCH3 is 1. The highest BCUT2D eigenvalue weighted by Crippen LogP contribution is 2.28. The van der Waals surface area contributed by atoms with Gasteiger partial charge in [-0.05, 0) is 20.0 Å². The number of ether oxygens (including phenoxy) is 1. The first-order valence-corrected chi connectivity index (χ1v) is 6.76. The number of carbonyl (C=O) groups excluding carboxylic acids is 1. The molecular formula is C14H19N3O4. The van der Waals surface area contributed by atoms with E-state index in [1.807, 2.05) is 14.0 Å². The number of piperazine rings is 1. The Morgan fingerprint density at radius 1 is 1.43 bits per heavy atom. The van der Waals surface area contributed by atoms with Crippen LogP contribution in [0, 0.1) is 10.1 Å². The smallest absolute Gasteiger partial charge is 0.310 e. The molecule has 1 aromatic rings. The van der Waals surface area contributed by atoms with Crippen LogP contribution >= 0.6 is 0 Å². The Kier molecular flexibility index (Phi) is 4.42. The van der Waals surface area contributed by atoms with Gasteiger partial charge in [0, 0.05) is 43.4 Å². The molecule has 0 spiro atoms. The standard InChI is InChI=1S/C14H19N3O4/c1-10-9-15(2)6-7-16(10)14(18)11-4-5-12(17(19)20)13(8-11)21-3/h4-5,8,10H,6-7,9H2,1-3H3. The van der Waals surface area contributed by atoms with Crippen molar-refractivity contribution < 1.29 is 14.5 Å². The number of rotatable bonds is 3. The lowest BCUT2D eigenvalue weighted by atomic mass is 10.1. The first kappa shape index (κ1) is 15.2. The summed E-state index contributed by atoms with van der Waals surface area (Å²) in [5.41, 5.74) is 0.273. The third-order valence-electron chi connectivity index (χ3n) is 3.71. The summed E-state index contributed by atoms with van der Waals surface area (Å²) in [5, 5.41) is 10.9. The molecule has 0 radical (unpaired) electrons. The fraction of sp³-hybridized carbons (Fsp3) is 0.500. The van der Waals surface area contributed by atoms with Crippen molar-refractivity contribution in [3.8, 4) is 5.75 Å². The lowest BCUT2D eigenvalue weighted by molar-refractivity contribution is -0.385. The van der Waals surface area contributed by atoms with Gasteiger partial charge in [0.05, 0.1) is 12.0 Å². The van der Waals surface area contributed by atoms with Gasteiger partial charge in [0.25, 0.3) is 5.91 Å². The summed E-state index contributed by atoms with van der Waals surface area (Å²) in [4.78, 5) is 26.9. The zero-order valence-corrected chi connectivity index (χ0v) is 12.4. The van der Waals surface area contributed by atoms with Crippen LogP contribution < -0.4 is 4.74 Å². The maximum absolute atomic E-state index is 12.5. The number of nitro benzene ring substituents is 1. The maximum atomic E-state index is 12.5. The molecule has 2 rings (SSSR count). The molecule has 1 unspecified atom stereocenters. The summed E-state index contributed by atoms with van der Waals surface area (Å²) in [6, 6.07) is 4.34. The first-order valence-electron chi connectivity index (χ1n) is 6.76. The summed E-state index contributed by atoms with van der Waals surface area (Å²) in [6.45, 7) is 4.28. The topological polar surface area (TPSA) is 75.9 Å². The van der Waals surface area contributed by atoms with Crippen molar-refractivity contribution in [3.05, 3.63) is 33.9 Å². The lowest BCUT2D eigenvalue weighted by Gasteiger charge is -2.38. The average molecular weight is 293 g/mol. The zero-order chi connectivity index (χ0) is 15.6. The van der Waals surface area contributed by atoms with Crippen molar-refractivity contribution >= 4 is 11.6 Å². The van der Waals surface area contributed by atoms with E-state index in [1.165, 1.54) is 25.3 Å². The predicted molar refractivity (Wildman–Crippen MR) is 77.6 cm³/mol. The normalized spacial score (nSPS) is 19.4. The van der Waals surface area contributed by atoms with E-state index in [9.17, 15) is 14.9 Å². The van der Waals surface area contributed by atoms with Crippen LogP contribution in [0.3, 0.4) is 0 Å². The second-order valence-electron chi connectivity index (χ2n) is 5.25. The zero-order valence-electron chi connectivity index (χ0n) is 12.4. The molecule has 1 aliphatic rings. The molecule has 0 aromatic heterocycles. The molecule has 0 bridgehead atoms. The predicted octanol–water partition coefficient (Wildman–Crippen LogP) is 1.38. The first-order chi connectivity index (χ1) is 9.93. The van der Waals surface area contributed by atoms with Gasteiger partial charge < -0.3 is 14.5 Å². The van der Waals surface area contributed by atoms with E-state index in [4.69, 9.17) is 4.74 Å². The van der Waals surface area contributed by atoms with E-state index < -0.39 is 4.92 Å². The molecule has 7 heteroatoms. The third kappa shape index (κ3) is 3.13. The number of likely N-dealkylation sites (N-methyl/N-ethyl adjacent to an activating group) is 1. The Balaban J connectivity index is 2.25. The highest BCUT2D eigenvalue weighted by molar-refractivity contribution is 5.95. The number of hydrogen-bond acceptors (Lipinski definition) is 5. The van der Waals surface area contributed by atoms with Crippen LogP contribution in [0.2, 0.25) is 0 Å². The molecule has 0 aliphatic carbocycles. The van der Waals surface area contributed by atoms with E-state index in [0.717, 1.165) is 13.1 Å². The van der Waals surface area contributed by atoms with Crippen LogP contribution in [-0.4, -0.2) is 60.5 Å². The molecule has 0 N–H and O–H groups in total. The van der Waals surface area contributed by atoms with Crippen LogP contribution in [0.5, 0.6) is 5.75 Å². The summed E-state index contributed by atoms with van der Waals surface area (Å²) >= 11 is 0. The molecular weight excluding hydrogens is 274 g/mol. The highest BCUT2D eigenvalue weighted by atomic mass is 16.6. The van der Waals surface area contributed by atoms with Gasteiger partial charge in [-0.3, -0.25) is 14.9 Å². The van der Waals surface area contributed by atoms with Crippen molar-refractivity contribution in [1.29, 1.82) is 0 Å². The molecule has 1 fully saturated rings. The van der Waals surface area contributed by atoms with Crippen LogP contribution in [0.15, 0.2) is 18.2 Å². The molecule has 114 valence electrons. The van der Waals surface area contributed by atoms with Crippen LogP contribution in [-0.2, 0) is 0 Å². The van der Waals surface area contributed by atoms with Crippen molar-refractivity contribution in [2.75, 3.05) is 33.8 Å². The third-order valence-corrected chi connectivity index (χ3v) is 3.71. The van der Waals surface area contributed by atoms with Gasteiger partial charge in [-0.25, -0.2) is 0 Å². The number of nitro groups is 1. The van der Waals surface area contributed by atoms with Gasteiger partial charge in [-0.15, -0.1) is 0 Å². The Morgan fingerprint density at radius 3 is 2.71 bits per heavy atom. The van der Waals surface area contributed by atoms with Crippen LogP contribution in [0.1, 0.15) is 17.3 Å². The minimum atomic E-state index is -0.522. The summed E-state index contributed by atoms with van der Waals surface area (Å²) in [5.74, 6) is -0.0172. The average Bonchev–Trinajstić information content (AvgIpc) is 2.45. The van der Waals surface area contributed by atoms with Crippen molar-refractivity contribution in [3.63, 3.8) is 0 Å². The number of benzene rings is 1. The van der Waals surface area contributed by atoms with Gasteiger partial charge in [-0.2, -0.15) is 0 Å². The maximum Gasteiger partial charge on any atom is 0.310 e. The molecule has 21 heavy (non-hydrogen) atoms. The Morgan fingerprint density at radius 2 is 2.14 bits per heavy atom. The number of carbonyl (C=O) groups is 1. The molecule has 0 saturated carbocycles. The number of nitrogens with zero attached hydrogens (tertiary/aromatic N) is 3. The van der Waals surface area contributed by atoms with Gasteiger partial charge >= 0.3 is 5.69 Å². The Hall–Kier alpha value is -2.15. The Labute approximate surface area is 123 Å². The van der Waals surface area contributed by atoms with Crippen molar-refractivity contribution in [1.82, 2.24) is 9.80 Å². The molecule has 1 heterocycles. The SMILES string of the molecule is COc1cc(C(=O)N2CCN(C)CC2C)ccc1[N+](=O)[O-]. The molecule has 7 nitrogen and oxygen atoms in total. The second kappa shape index (κ2) is 6.09. The Bertz CT molecular complexity index is 561. The van der Waals surface area contributed by atoms with E-state index in [2.05, 4.69) is 4.90 Å². The summed E-state index contributed by atoms with van der Waals surface area (Å²) in [6.07, 6.45) is 0. The van der Waals surface area contributed by atoms with E-state index in [0.29, 0.717) is 12.1 Å². The molecule has 1 aromatic carbocycles. The van der Waals surface area contributed by atoms with Crippen LogP contribution in [0.4, 0.5) is 5.69 Å². The van der Waals surface area contributed by atoms with E-state index in [1.54, 1.807) is 4.90 Å². The second-order valence-corrected chi connectivity index (χ2v) is 5.25.